The molecule has 114 valence electrons. The summed E-state index contributed by atoms with van der Waals surface area (Å²) < 4.78 is 1.05. The normalized spacial score (nSPS) is 12.0. The van der Waals surface area contributed by atoms with E-state index in [0.29, 0.717) is 18.2 Å². The highest BCUT2D eigenvalue weighted by Crippen LogP contribution is 2.25. The Balaban J connectivity index is 1.97. The number of carbonyl (C=O) groups excluding carboxylic acids is 1. The maximum atomic E-state index is 12.1. The SMILES string of the molecule is CCN(CC(=O)Nc1nc2ccccc2s1)CC(C)(C)O. The van der Waals surface area contributed by atoms with Gasteiger partial charge >= 0.3 is 0 Å². The number of aromatic nitrogens is 1. The summed E-state index contributed by atoms with van der Waals surface area (Å²) in [6.45, 7) is 6.85. The highest BCUT2D eigenvalue weighted by atomic mass is 32.1. The van der Waals surface area contributed by atoms with Gasteiger partial charge in [-0.1, -0.05) is 30.4 Å². The molecule has 0 saturated heterocycles. The molecular formula is C15H21N3O2S. The van der Waals surface area contributed by atoms with Crippen LogP contribution in [0.4, 0.5) is 5.13 Å². The van der Waals surface area contributed by atoms with E-state index in [1.54, 1.807) is 13.8 Å². The number of nitrogens with zero attached hydrogens (tertiary/aromatic N) is 2. The maximum Gasteiger partial charge on any atom is 0.240 e. The van der Waals surface area contributed by atoms with Gasteiger partial charge in [0.1, 0.15) is 0 Å². The van der Waals surface area contributed by atoms with Crippen LogP contribution in [0.5, 0.6) is 0 Å². The van der Waals surface area contributed by atoms with Crippen LogP contribution < -0.4 is 5.32 Å². The minimum Gasteiger partial charge on any atom is -0.389 e. The summed E-state index contributed by atoms with van der Waals surface area (Å²) in [7, 11) is 0. The lowest BCUT2D eigenvalue weighted by Crippen LogP contribution is -2.42. The van der Waals surface area contributed by atoms with Crippen LogP contribution in [0.3, 0.4) is 0 Å². The Hall–Kier alpha value is -1.50. The van der Waals surface area contributed by atoms with Gasteiger partial charge in [0.2, 0.25) is 5.91 Å². The van der Waals surface area contributed by atoms with E-state index >= 15 is 0 Å². The molecule has 0 fully saturated rings. The molecule has 0 atom stereocenters. The standard InChI is InChI=1S/C15H21N3O2S/c1-4-18(10-15(2,3)20)9-13(19)17-14-16-11-7-5-6-8-12(11)21-14/h5-8,20H,4,9-10H2,1-3H3,(H,16,17,19). The molecule has 0 aliphatic rings. The molecule has 21 heavy (non-hydrogen) atoms. The topological polar surface area (TPSA) is 65.5 Å². The average Bonchev–Trinajstić information content (AvgIpc) is 2.78. The van der Waals surface area contributed by atoms with Crippen LogP contribution in [0.1, 0.15) is 20.8 Å². The highest BCUT2D eigenvalue weighted by Gasteiger charge is 2.19. The number of rotatable bonds is 6. The second-order valence-electron chi connectivity index (χ2n) is 5.65. The molecule has 1 heterocycles. The number of amides is 1. The van der Waals surface area contributed by atoms with Crippen molar-refractivity contribution in [2.75, 3.05) is 25.0 Å². The predicted octanol–water partition coefficient (Wildman–Crippen LogP) is 2.33. The smallest absolute Gasteiger partial charge is 0.240 e. The minimum absolute atomic E-state index is 0.111. The molecular weight excluding hydrogens is 286 g/mol. The van der Waals surface area contributed by atoms with Crippen LogP contribution in [0.2, 0.25) is 0 Å². The van der Waals surface area contributed by atoms with Gasteiger partial charge in [-0.3, -0.25) is 9.69 Å². The number of anilines is 1. The first-order chi connectivity index (χ1) is 9.87. The summed E-state index contributed by atoms with van der Waals surface area (Å²) in [5, 5.41) is 13.3. The Labute approximate surface area is 128 Å². The van der Waals surface area contributed by atoms with E-state index in [1.165, 1.54) is 11.3 Å². The molecule has 1 aromatic carbocycles. The zero-order valence-corrected chi connectivity index (χ0v) is 13.4. The second kappa shape index (κ2) is 6.51. The maximum absolute atomic E-state index is 12.1. The van der Waals surface area contributed by atoms with Crippen LogP contribution in [0.25, 0.3) is 10.2 Å². The molecule has 2 N–H and O–H groups in total. The quantitative estimate of drug-likeness (QED) is 0.859. The molecule has 0 bridgehead atoms. The zero-order valence-electron chi connectivity index (χ0n) is 12.6. The van der Waals surface area contributed by atoms with Gasteiger partial charge in [0.25, 0.3) is 0 Å². The number of carbonyl (C=O) groups is 1. The van der Waals surface area contributed by atoms with Gasteiger partial charge in [0, 0.05) is 6.54 Å². The van der Waals surface area contributed by atoms with Gasteiger partial charge in [-0.05, 0) is 32.5 Å². The summed E-state index contributed by atoms with van der Waals surface area (Å²) in [4.78, 5) is 18.4. The van der Waals surface area contributed by atoms with Crippen LogP contribution in [-0.2, 0) is 4.79 Å². The summed E-state index contributed by atoms with van der Waals surface area (Å²) in [6, 6.07) is 7.79. The third-order valence-electron chi connectivity index (χ3n) is 2.97. The van der Waals surface area contributed by atoms with Gasteiger partial charge in [0.15, 0.2) is 5.13 Å². The van der Waals surface area contributed by atoms with Crippen LogP contribution >= 0.6 is 11.3 Å². The van der Waals surface area contributed by atoms with E-state index < -0.39 is 5.60 Å². The van der Waals surface area contributed by atoms with Crippen molar-refractivity contribution < 1.29 is 9.90 Å². The fraction of sp³-hybridized carbons (Fsp3) is 0.467. The summed E-state index contributed by atoms with van der Waals surface area (Å²) in [5.41, 5.74) is 0.0771. The minimum atomic E-state index is -0.813. The fourth-order valence-electron chi connectivity index (χ4n) is 2.11. The van der Waals surface area contributed by atoms with Gasteiger partial charge in [-0.2, -0.15) is 0 Å². The Morgan fingerprint density at radius 1 is 1.43 bits per heavy atom. The Bertz CT molecular complexity index is 586. The number of hydrogen-bond acceptors (Lipinski definition) is 5. The van der Waals surface area contributed by atoms with Crippen molar-refractivity contribution in [3.63, 3.8) is 0 Å². The van der Waals surface area contributed by atoms with Crippen molar-refractivity contribution in [2.24, 2.45) is 0 Å². The lowest BCUT2D eigenvalue weighted by molar-refractivity contribution is -0.117. The number of aliphatic hydroxyl groups is 1. The molecule has 0 aliphatic carbocycles. The van der Waals surface area contributed by atoms with Crippen molar-refractivity contribution in [3.05, 3.63) is 24.3 Å². The van der Waals surface area contributed by atoms with Crippen molar-refractivity contribution in [3.8, 4) is 0 Å². The third-order valence-corrected chi connectivity index (χ3v) is 3.92. The number of thiazole rings is 1. The summed E-state index contributed by atoms with van der Waals surface area (Å²) in [6.07, 6.45) is 0. The molecule has 0 unspecified atom stereocenters. The van der Waals surface area contributed by atoms with Crippen molar-refractivity contribution >= 4 is 32.6 Å². The molecule has 5 nitrogen and oxygen atoms in total. The molecule has 0 spiro atoms. The number of hydrogen-bond donors (Lipinski definition) is 2. The number of para-hydroxylation sites is 1. The Morgan fingerprint density at radius 2 is 2.14 bits per heavy atom. The van der Waals surface area contributed by atoms with E-state index in [1.807, 2.05) is 36.1 Å². The van der Waals surface area contributed by atoms with E-state index in [-0.39, 0.29) is 12.5 Å². The Kier molecular flexibility index (Phi) is 4.92. The molecule has 0 aliphatic heterocycles. The van der Waals surface area contributed by atoms with Gasteiger partial charge < -0.3 is 10.4 Å². The van der Waals surface area contributed by atoms with Crippen molar-refractivity contribution in [2.45, 2.75) is 26.4 Å². The van der Waals surface area contributed by atoms with Crippen LogP contribution in [-0.4, -0.2) is 46.1 Å². The number of nitrogens with one attached hydrogen (secondary N) is 1. The number of fused-ring (bicyclic) bond motifs is 1. The van der Waals surface area contributed by atoms with Crippen molar-refractivity contribution in [1.82, 2.24) is 9.88 Å². The van der Waals surface area contributed by atoms with Gasteiger partial charge in [-0.15, -0.1) is 0 Å². The molecule has 2 rings (SSSR count). The van der Waals surface area contributed by atoms with E-state index in [2.05, 4.69) is 10.3 Å². The van der Waals surface area contributed by atoms with Crippen molar-refractivity contribution in [1.29, 1.82) is 0 Å². The first-order valence-corrected chi connectivity index (χ1v) is 7.79. The largest absolute Gasteiger partial charge is 0.389 e. The lowest BCUT2D eigenvalue weighted by Gasteiger charge is -2.27. The molecule has 0 radical (unpaired) electrons. The number of benzene rings is 1. The van der Waals surface area contributed by atoms with Gasteiger partial charge in [-0.25, -0.2) is 4.98 Å². The zero-order chi connectivity index (χ0) is 15.5. The molecule has 1 aromatic heterocycles. The number of likely N-dealkylation sites (N-methyl/N-ethyl adjacent to an activating group) is 1. The van der Waals surface area contributed by atoms with E-state index in [9.17, 15) is 9.90 Å². The molecule has 2 aromatic rings. The molecule has 1 amide bonds. The molecule has 0 saturated carbocycles. The average molecular weight is 307 g/mol. The van der Waals surface area contributed by atoms with Crippen LogP contribution in [0, 0.1) is 0 Å². The molecule has 6 heteroatoms. The first-order valence-electron chi connectivity index (χ1n) is 6.97. The predicted molar refractivity (Wildman–Crippen MR) is 86.7 cm³/mol. The fourth-order valence-corrected chi connectivity index (χ4v) is 3.00. The first kappa shape index (κ1) is 15.9. The van der Waals surface area contributed by atoms with E-state index in [4.69, 9.17) is 0 Å². The third kappa shape index (κ3) is 4.77. The van der Waals surface area contributed by atoms with Gasteiger partial charge in [0.05, 0.1) is 22.4 Å². The van der Waals surface area contributed by atoms with E-state index in [0.717, 1.165) is 10.2 Å². The second-order valence-corrected chi connectivity index (χ2v) is 6.68. The summed E-state index contributed by atoms with van der Waals surface area (Å²) >= 11 is 1.46. The monoisotopic (exact) mass is 307 g/mol. The van der Waals surface area contributed by atoms with Crippen LogP contribution in [0.15, 0.2) is 24.3 Å². The summed E-state index contributed by atoms with van der Waals surface area (Å²) in [5.74, 6) is -0.111. The highest BCUT2D eigenvalue weighted by molar-refractivity contribution is 7.22. The Morgan fingerprint density at radius 3 is 2.76 bits per heavy atom. The lowest BCUT2D eigenvalue weighted by atomic mass is 10.1.